The highest BCUT2D eigenvalue weighted by molar-refractivity contribution is 7.98. The van der Waals surface area contributed by atoms with Crippen molar-refractivity contribution in [1.29, 1.82) is 0 Å². The molecular formula is C22H18N2O2S. The summed E-state index contributed by atoms with van der Waals surface area (Å²) in [5.74, 6) is 0.488. The number of carbonyl (C=O) groups is 1. The molecule has 1 aromatic heterocycles. The van der Waals surface area contributed by atoms with Gasteiger partial charge in [0.05, 0.1) is 6.42 Å². The normalized spacial score (nSPS) is 10.9. The molecule has 4 aromatic rings. The number of rotatable bonds is 5. The van der Waals surface area contributed by atoms with Gasteiger partial charge in [-0.25, -0.2) is 4.98 Å². The van der Waals surface area contributed by atoms with Crippen LogP contribution in [0.5, 0.6) is 0 Å². The van der Waals surface area contributed by atoms with Gasteiger partial charge in [0.15, 0.2) is 5.58 Å². The number of benzene rings is 3. The Bertz CT molecular complexity index is 1050. The molecule has 0 saturated heterocycles. The molecule has 5 heteroatoms. The van der Waals surface area contributed by atoms with Crippen LogP contribution in [0.2, 0.25) is 0 Å². The van der Waals surface area contributed by atoms with Crippen molar-refractivity contribution in [3.05, 3.63) is 78.4 Å². The van der Waals surface area contributed by atoms with Crippen LogP contribution in [0.25, 0.3) is 22.6 Å². The average Bonchev–Trinajstić information content (AvgIpc) is 3.13. The lowest BCUT2D eigenvalue weighted by molar-refractivity contribution is -0.115. The molecule has 0 aliphatic heterocycles. The molecule has 134 valence electrons. The van der Waals surface area contributed by atoms with Crippen LogP contribution in [0, 0.1) is 0 Å². The first kappa shape index (κ1) is 17.4. The fourth-order valence-electron chi connectivity index (χ4n) is 2.86. The average molecular weight is 374 g/mol. The lowest BCUT2D eigenvalue weighted by atomic mass is 10.1. The lowest BCUT2D eigenvalue weighted by Gasteiger charge is -2.07. The topological polar surface area (TPSA) is 55.1 Å². The van der Waals surface area contributed by atoms with Gasteiger partial charge in [0, 0.05) is 16.1 Å². The Kier molecular flexibility index (Phi) is 4.94. The van der Waals surface area contributed by atoms with E-state index in [2.05, 4.69) is 10.3 Å². The van der Waals surface area contributed by atoms with Crippen LogP contribution in [0.4, 0.5) is 5.69 Å². The van der Waals surface area contributed by atoms with Gasteiger partial charge in [-0.1, -0.05) is 30.3 Å². The van der Waals surface area contributed by atoms with E-state index in [0.717, 1.165) is 27.9 Å². The van der Waals surface area contributed by atoms with Gasteiger partial charge in [0.2, 0.25) is 11.8 Å². The van der Waals surface area contributed by atoms with Gasteiger partial charge in [0.1, 0.15) is 5.52 Å². The molecule has 0 unspecified atom stereocenters. The number of hydrogen-bond acceptors (Lipinski definition) is 4. The Morgan fingerprint density at radius 3 is 2.63 bits per heavy atom. The third-order valence-corrected chi connectivity index (χ3v) is 4.95. The first-order valence-electron chi connectivity index (χ1n) is 8.60. The number of anilines is 1. The molecule has 1 heterocycles. The zero-order valence-electron chi connectivity index (χ0n) is 14.8. The van der Waals surface area contributed by atoms with Crippen LogP contribution in [-0.4, -0.2) is 17.1 Å². The van der Waals surface area contributed by atoms with E-state index < -0.39 is 0 Å². The second-order valence-electron chi connectivity index (χ2n) is 6.14. The summed E-state index contributed by atoms with van der Waals surface area (Å²) in [6.45, 7) is 0. The Labute approximate surface area is 161 Å². The summed E-state index contributed by atoms with van der Waals surface area (Å²) in [5.41, 5.74) is 4.10. The smallest absolute Gasteiger partial charge is 0.228 e. The molecule has 3 aromatic carbocycles. The van der Waals surface area contributed by atoms with E-state index in [-0.39, 0.29) is 5.91 Å². The molecule has 1 amide bonds. The summed E-state index contributed by atoms with van der Waals surface area (Å²) in [6, 6.07) is 23.2. The van der Waals surface area contributed by atoms with Gasteiger partial charge < -0.3 is 9.73 Å². The number of hydrogen-bond donors (Lipinski definition) is 1. The van der Waals surface area contributed by atoms with Gasteiger partial charge in [-0.15, -0.1) is 11.8 Å². The highest BCUT2D eigenvalue weighted by Gasteiger charge is 2.10. The van der Waals surface area contributed by atoms with E-state index in [1.54, 1.807) is 11.8 Å². The van der Waals surface area contributed by atoms with Gasteiger partial charge in [-0.2, -0.15) is 0 Å². The molecule has 0 fully saturated rings. The van der Waals surface area contributed by atoms with E-state index in [9.17, 15) is 4.79 Å². The minimum Gasteiger partial charge on any atom is -0.436 e. The van der Waals surface area contributed by atoms with E-state index in [4.69, 9.17) is 4.42 Å². The number of amides is 1. The summed E-state index contributed by atoms with van der Waals surface area (Å²) in [5, 5.41) is 2.95. The number of aromatic nitrogens is 1. The Hall–Kier alpha value is -3.05. The third kappa shape index (κ3) is 4.04. The molecule has 0 aliphatic carbocycles. The van der Waals surface area contributed by atoms with Crippen molar-refractivity contribution < 1.29 is 9.21 Å². The molecule has 0 aliphatic rings. The van der Waals surface area contributed by atoms with E-state index >= 15 is 0 Å². The SMILES string of the molecule is CSc1ccc(CC(=O)Nc2cccc(-c3nc4ccccc4o3)c2)cc1. The van der Waals surface area contributed by atoms with Crippen molar-refractivity contribution in [3.8, 4) is 11.5 Å². The molecular weight excluding hydrogens is 356 g/mol. The van der Waals surface area contributed by atoms with Crippen molar-refractivity contribution in [3.63, 3.8) is 0 Å². The Morgan fingerprint density at radius 1 is 1.04 bits per heavy atom. The second-order valence-corrected chi connectivity index (χ2v) is 7.02. The summed E-state index contributed by atoms with van der Waals surface area (Å²) in [4.78, 5) is 18.1. The molecule has 0 saturated carbocycles. The maximum Gasteiger partial charge on any atom is 0.228 e. The summed E-state index contributed by atoms with van der Waals surface area (Å²) >= 11 is 1.68. The van der Waals surface area contributed by atoms with Crippen LogP contribution >= 0.6 is 11.8 Å². The number of para-hydroxylation sites is 2. The lowest BCUT2D eigenvalue weighted by Crippen LogP contribution is -2.14. The van der Waals surface area contributed by atoms with E-state index in [1.165, 1.54) is 4.90 Å². The first-order chi connectivity index (χ1) is 13.2. The summed E-state index contributed by atoms with van der Waals surface area (Å²) in [6.07, 6.45) is 2.37. The molecule has 4 rings (SSSR count). The van der Waals surface area contributed by atoms with Gasteiger partial charge in [-0.3, -0.25) is 4.79 Å². The number of oxazole rings is 1. The number of thioether (sulfide) groups is 1. The number of nitrogens with zero attached hydrogens (tertiary/aromatic N) is 1. The number of carbonyl (C=O) groups excluding carboxylic acids is 1. The first-order valence-corrected chi connectivity index (χ1v) is 9.82. The zero-order valence-corrected chi connectivity index (χ0v) is 15.6. The maximum atomic E-state index is 12.4. The van der Waals surface area contributed by atoms with Crippen LogP contribution in [0.3, 0.4) is 0 Å². The summed E-state index contributed by atoms with van der Waals surface area (Å²) < 4.78 is 5.81. The molecule has 1 N–H and O–H groups in total. The molecule has 4 nitrogen and oxygen atoms in total. The Balaban J connectivity index is 1.49. The Morgan fingerprint density at radius 2 is 1.85 bits per heavy atom. The van der Waals surface area contributed by atoms with Crippen molar-refractivity contribution >= 4 is 34.5 Å². The van der Waals surface area contributed by atoms with Gasteiger partial charge in [0.25, 0.3) is 0 Å². The van der Waals surface area contributed by atoms with Crippen molar-refractivity contribution in [2.45, 2.75) is 11.3 Å². The van der Waals surface area contributed by atoms with Crippen LogP contribution < -0.4 is 5.32 Å². The number of fused-ring (bicyclic) bond motifs is 1. The maximum absolute atomic E-state index is 12.4. The third-order valence-electron chi connectivity index (χ3n) is 4.21. The van der Waals surface area contributed by atoms with Crippen LogP contribution in [-0.2, 0) is 11.2 Å². The largest absolute Gasteiger partial charge is 0.436 e. The molecule has 0 atom stereocenters. The van der Waals surface area contributed by atoms with Gasteiger partial charge in [-0.05, 0) is 54.3 Å². The molecule has 0 bridgehead atoms. The minimum atomic E-state index is -0.0541. The van der Waals surface area contributed by atoms with Crippen molar-refractivity contribution in [2.75, 3.05) is 11.6 Å². The fourth-order valence-corrected chi connectivity index (χ4v) is 3.27. The summed E-state index contributed by atoms with van der Waals surface area (Å²) in [7, 11) is 0. The highest BCUT2D eigenvalue weighted by Crippen LogP contribution is 2.26. The molecule has 0 radical (unpaired) electrons. The molecule has 27 heavy (non-hydrogen) atoms. The monoisotopic (exact) mass is 374 g/mol. The minimum absolute atomic E-state index is 0.0541. The van der Waals surface area contributed by atoms with Crippen LogP contribution in [0.1, 0.15) is 5.56 Å². The predicted octanol–water partition coefficient (Wildman–Crippen LogP) is 5.40. The fraction of sp³-hybridized carbons (Fsp3) is 0.0909. The molecule has 0 spiro atoms. The quantitative estimate of drug-likeness (QED) is 0.475. The van der Waals surface area contributed by atoms with Crippen molar-refractivity contribution in [1.82, 2.24) is 4.98 Å². The number of nitrogens with one attached hydrogen (secondary N) is 1. The van der Waals surface area contributed by atoms with Crippen molar-refractivity contribution in [2.24, 2.45) is 0 Å². The zero-order chi connectivity index (χ0) is 18.6. The second kappa shape index (κ2) is 7.68. The van der Waals surface area contributed by atoms with E-state index in [0.29, 0.717) is 12.3 Å². The van der Waals surface area contributed by atoms with E-state index in [1.807, 2.05) is 79.1 Å². The van der Waals surface area contributed by atoms with Gasteiger partial charge >= 0.3 is 0 Å². The highest BCUT2D eigenvalue weighted by atomic mass is 32.2. The standard InChI is InChI=1S/C22H18N2O2S/c1-27-18-11-9-15(10-12-18)13-21(25)23-17-6-4-5-16(14-17)22-24-19-7-2-3-8-20(19)26-22/h2-12,14H,13H2,1H3,(H,23,25). The van der Waals surface area contributed by atoms with Crippen LogP contribution in [0.15, 0.2) is 82.1 Å². The predicted molar refractivity (Wildman–Crippen MR) is 110 cm³/mol.